The highest BCUT2D eigenvalue weighted by Crippen LogP contribution is 2.28. The molecule has 0 spiro atoms. The molecule has 0 saturated heterocycles. The SMILES string of the molecule is CNCCC(=O)NCc1ccc(C(F)(F)F)cc1.Cl. The third kappa shape index (κ3) is 6.45. The normalized spacial score (nSPS) is 10.7. The summed E-state index contributed by atoms with van der Waals surface area (Å²) in [6, 6.07) is 4.74. The Morgan fingerprint density at radius 2 is 1.79 bits per heavy atom. The largest absolute Gasteiger partial charge is 0.416 e. The minimum Gasteiger partial charge on any atom is -0.352 e. The van der Waals surface area contributed by atoms with Crippen LogP contribution in [0, 0.1) is 0 Å². The quantitative estimate of drug-likeness (QED) is 0.876. The first-order valence-corrected chi connectivity index (χ1v) is 5.51. The van der Waals surface area contributed by atoms with Crippen LogP contribution in [-0.2, 0) is 17.5 Å². The van der Waals surface area contributed by atoms with Crippen molar-refractivity contribution in [2.75, 3.05) is 13.6 Å². The van der Waals surface area contributed by atoms with Crippen molar-refractivity contribution in [2.24, 2.45) is 0 Å². The fraction of sp³-hybridized carbons (Fsp3) is 0.417. The van der Waals surface area contributed by atoms with Gasteiger partial charge in [-0.2, -0.15) is 13.2 Å². The van der Waals surface area contributed by atoms with Crippen molar-refractivity contribution in [3.8, 4) is 0 Å². The van der Waals surface area contributed by atoms with Crippen molar-refractivity contribution >= 4 is 18.3 Å². The Morgan fingerprint density at radius 3 is 2.26 bits per heavy atom. The van der Waals surface area contributed by atoms with Gasteiger partial charge in [0, 0.05) is 19.5 Å². The van der Waals surface area contributed by atoms with Crippen LogP contribution in [0.3, 0.4) is 0 Å². The molecule has 0 heterocycles. The third-order valence-corrected chi connectivity index (χ3v) is 2.37. The van der Waals surface area contributed by atoms with Crippen molar-refractivity contribution in [3.63, 3.8) is 0 Å². The van der Waals surface area contributed by atoms with Crippen molar-refractivity contribution in [1.29, 1.82) is 0 Å². The number of amides is 1. The summed E-state index contributed by atoms with van der Waals surface area (Å²) in [5, 5.41) is 5.47. The number of carbonyl (C=O) groups is 1. The molecule has 0 aliphatic rings. The molecule has 2 N–H and O–H groups in total. The molecule has 3 nitrogen and oxygen atoms in total. The van der Waals surface area contributed by atoms with Gasteiger partial charge in [-0.3, -0.25) is 4.79 Å². The Morgan fingerprint density at radius 1 is 1.21 bits per heavy atom. The van der Waals surface area contributed by atoms with Gasteiger partial charge in [0.25, 0.3) is 0 Å². The van der Waals surface area contributed by atoms with Gasteiger partial charge < -0.3 is 10.6 Å². The van der Waals surface area contributed by atoms with Gasteiger partial charge in [-0.25, -0.2) is 0 Å². The number of alkyl halides is 3. The lowest BCUT2D eigenvalue weighted by Crippen LogP contribution is -2.26. The van der Waals surface area contributed by atoms with Crippen molar-refractivity contribution in [2.45, 2.75) is 19.1 Å². The first-order chi connectivity index (χ1) is 8.43. The van der Waals surface area contributed by atoms with Crippen LogP contribution >= 0.6 is 12.4 Å². The molecule has 0 aliphatic carbocycles. The maximum atomic E-state index is 12.3. The Balaban J connectivity index is 0.00000324. The van der Waals surface area contributed by atoms with E-state index in [0.717, 1.165) is 12.1 Å². The average Bonchev–Trinajstić information content (AvgIpc) is 2.33. The number of benzene rings is 1. The summed E-state index contributed by atoms with van der Waals surface area (Å²) in [5.41, 5.74) is -0.0476. The molecule has 0 saturated carbocycles. The van der Waals surface area contributed by atoms with E-state index in [4.69, 9.17) is 0 Å². The molecule has 0 fully saturated rings. The lowest BCUT2D eigenvalue weighted by Gasteiger charge is -2.08. The van der Waals surface area contributed by atoms with Crippen LogP contribution in [0.2, 0.25) is 0 Å². The Kier molecular flexibility index (Phi) is 7.48. The minimum absolute atomic E-state index is 0. The summed E-state index contributed by atoms with van der Waals surface area (Å²) >= 11 is 0. The molecule has 0 unspecified atom stereocenters. The molecule has 7 heteroatoms. The highest BCUT2D eigenvalue weighted by Gasteiger charge is 2.29. The number of hydrogen-bond acceptors (Lipinski definition) is 2. The molecular weight excluding hydrogens is 281 g/mol. The standard InChI is InChI=1S/C12H15F3N2O.ClH/c1-16-7-6-11(18)17-8-9-2-4-10(5-3-9)12(13,14)15;/h2-5,16H,6-8H2,1H3,(H,17,18);1H. The number of hydrogen-bond donors (Lipinski definition) is 2. The zero-order valence-corrected chi connectivity index (χ0v) is 11.2. The minimum atomic E-state index is -4.32. The van der Waals surface area contributed by atoms with E-state index >= 15 is 0 Å². The van der Waals surface area contributed by atoms with E-state index in [-0.39, 0.29) is 24.9 Å². The first-order valence-electron chi connectivity index (χ1n) is 5.51. The summed E-state index contributed by atoms with van der Waals surface area (Å²) in [7, 11) is 1.74. The lowest BCUT2D eigenvalue weighted by molar-refractivity contribution is -0.137. The van der Waals surface area contributed by atoms with Crippen LogP contribution in [0.4, 0.5) is 13.2 Å². The molecule has 0 bridgehead atoms. The van der Waals surface area contributed by atoms with Crippen LogP contribution in [0.5, 0.6) is 0 Å². The van der Waals surface area contributed by atoms with E-state index in [2.05, 4.69) is 10.6 Å². The van der Waals surface area contributed by atoms with E-state index in [9.17, 15) is 18.0 Å². The van der Waals surface area contributed by atoms with Gasteiger partial charge >= 0.3 is 6.18 Å². The van der Waals surface area contributed by atoms with Crippen LogP contribution in [0.25, 0.3) is 0 Å². The Hall–Kier alpha value is -1.27. The Bertz CT molecular complexity index is 393. The van der Waals surface area contributed by atoms with Gasteiger partial charge in [-0.15, -0.1) is 12.4 Å². The molecule has 1 aromatic rings. The zero-order valence-electron chi connectivity index (χ0n) is 10.4. The van der Waals surface area contributed by atoms with E-state index in [1.807, 2.05) is 0 Å². The van der Waals surface area contributed by atoms with Crippen molar-refractivity contribution in [3.05, 3.63) is 35.4 Å². The van der Waals surface area contributed by atoms with Gasteiger partial charge in [0.05, 0.1) is 5.56 Å². The second-order valence-corrected chi connectivity index (χ2v) is 3.82. The van der Waals surface area contributed by atoms with Crippen LogP contribution < -0.4 is 10.6 Å². The molecule has 19 heavy (non-hydrogen) atoms. The monoisotopic (exact) mass is 296 g/mol. The second-order valence-electron chi connectivity index (χ2n) is 3.82. The fourth-order valence-electron chi connectivity index (χ4n) is 1.34. The smallest absolute Gasteiger partial charge is 0.352 e. The highest BCUT2D eigenvalue weighted by molar-refractivity contribution is 5.85. The second kappa shape index (κ2) is 8.01. The predicted molar refractivity (Wildman–Crippen MR) is 69.1 cm³/mol. The van der Waals surface area contributed by atoms with E-state index in [1.54, 1.807) is 7.05 Å². The summed E-state index contributed by atoms with van der Waals surface area (Å²) < 4.78 is 36.9. The molecule has 1 amide bonds. The number of rotatable bonds is 5. The zero-order chi connectivity index (χ0) is 13.6. The number of halogens is 4. The summed E-state index contributed by atoms with van der Waals surface area (Å²) in [6.07, 6.45) is -3.98. The van der Waals surface area contributed by atoms with Crippen molar-refractivity contribution in [1.82, 2.24) is 10.6 Å². The van der Waals surface area contributed by atoms with Gasteiger partial charge in [0.2, 0.25) is 5.91 Å². The Labute approximate surface area is 116 Å². The summed E-state index contributed by atoms with van der Waals surface area (Å²) in [6.45, 7) is 0.805. The molecule has 0 atom stereocenters. The van der Waals surface area contributed by atoms with E-state index < -0.39 is 11.7 Å². The maximum Gasteiger partial charge on any atom is 0.416 e. The molecular formula is C12H16ClF3N2O. The first kappa shape index (κ1) is 17.7. The molecule has 108 valence electrons. The van der Waals surface area contributed by atoms with E-state index in [1.165, 1.54) is 12.1 Å². The maximum absolute atomic E-state index is 12.3. The van der Waals surface area contributed by atoms with Crippen LogP contribution in [0.15, 0.2) is 24.3 Å². The molecule has 1 rings (SSSR count). The van der Waals surface area contributed by atoms with Gasteiger partial charge in [0.1, 0.15) is 0 Å². The van der Waals surface area contributed by atoms with Gasteiger partial charge in [-0.1, -0.05) is 12.1 Å². The third-order valence-electron chi connectivity index (χ3n) is 2.37. The molecule has 0 radical (unpaired) electrons. The molecule has 0 aromatic heterocycles. The predicted octanol–water partition coefficient (Wildman–Crippen LogP) is 2.35. The molecule has 1 aromatic carbocycles. The van der Waals surface area contributed by atoms with Crippen molar-refractivity contribution < 1.29 is 18.0 Å². The van der Waals surface area contributed by atoms with Crippen LogP contribution in [-0.4, -0.2) is 19.5 Å². The highest BCUT2D eigenvalue weighted by atomic mass is 35.5. The summed E-state index contributed by atoms with van der Waals surface area (Å²) in [4.78, 5) is 11.3. The van der Waals surface area contributed by atoms with Gasteiger partial charge in [-0.05, 0) is 24.7 Å². The van der Waals surface area contributed by atoms with Gasteiger partial charge in [0.15, 0.2) is 0 Å². The fourth-order valence-corrected chi connectivity index (χ4v) is 1.34. The lowest BCUT2D eigenvalue weighted by atomic mass is 10.1. The molecule has 0 aliphatic heterocycles. The average molecular weight is 297 g/mol. The number of nitrogens with one attached hydrogen (secondary N) is 2. The van der Waals surface area contributed by atoms with E-state index in [0.29, 0.717) is 18.5 Å². The van der Waals surface area contributed by atoms with Crippen LogP contribution in [0.1, 0.15) is 17.5 Å². The topological polar surface area (TPSA) is 41.1 Å². The summed E-state index contributed by atoms with van der Waals surface area (Å²) in [5.74, 6) is -0.135. The number of carbonyl (C=O) groups excluding carboxylic acids is 1.